The van der Waals surface area contributed by atoms with Crippen LogP contribution in [0.25, 0.3) is 16.6 Å². The highest BCUT2D eigenvalue weighted by atomic mass is 16.1. The van der Waals surface area contributed by atoms with Crippen LogP contribution in [0.2, 0.25) is 0 Å². The van der Waals surface area contributed by atoms with Crippen LogP contribution in [0.15, 0.2) is 48.8 Å². The first-order chi connectivity index (χ1) is 15.2. The first kappa shape index (κ1) is 22.1. The molecular weight excluding hydrogens is 400 g/mol. The van der Waals surface area contributed by atoms with Gasteiger partial charge in [0.25, 0.3) is 5.91 Å². The molecule has 0 saturated heterocycles. The molecule has 1 aliphatic carbocycles. The van der Waals surface area contributed by atoms with E-state index in [9.17, 15) is 9.59 Å². The summed E-state index contributed by atoms with van der Waals surface area (Å²) in [7, 11) is 0. The van der Waals surface area contributed by atoms with Crippen molar-refractivity contribution in [3.05, 3.63) is 54.4 Å². The van der Waals surface area contributed by atoms with Crippen molar-refractivity contribution < 1.29 is 9.59 Å². The number of nitrogens with one attached hydrogen (secondary N) is 1. The van der Waals surface area contributed by atoms with Crippen molar-refractivity contribution in [2.45, 2.75) is 59.4 Å². The smallest absolute Gasteiger partial charge is 0.252 e. The summed E-state index contributed by atoms with van der Waals surface area (Å²) in [6, 6.07) is 12.2. The zero-order valence-corrected chi connectivity index (χ0v) is 19.3. The van der Waals surface area contributed by atoms with Crippen LogP contribution in [0.3, 0.4) is 0 Å². The van der Waals surface area contributed by atoms with Crippen molar-refractivity contribution >= 4 is 22.9 Å². The monoisotopic (exact) mass is 432 g/mol. The minimum atomic E-state index is -0.510. The van der Waals surface area contributed by atoms with Gasteiger partial charge in [-0.1, -0.05) is 58.0 Å². The van der Waals surface area contributed by atoms with Crippen LogP contribution in [-0.2, 0) is 4.79 Å². The van der Waals surface area contributed by atoms with Crippen molar-refractivity contribution in [3.63, 3.8) is 0 Å². The first-order valence-corrected chi connectivity index (χ1v) is 11.3. The molecule has 6 nitrogen and oxygen atoms in total. The van der Waals surface area contributed by atoms with Crippen LogP contribution >= 0.6 is 0 Å². The molecule has 1 saturated carbocycles. The Hall–Kier alpha value is -3.15. The normalized spacial score (nSPS) is 22.2. The number of primary amides is 1. The summed E-state index contributed by atoms with van der Waals surface area (Å²) in [4.78, 5) is 24.6. The number of hydrogen-bond donors (Lipinski definition) is 2. The number of amides is 1. The topological polar surface area (TPSA) is 89.5 Å². The van der Waals surface area contributed by atoms with Crippen molar-refractivity contribution in [1.29, 1.82) is 0 Å². The molecule has 3 N–H and O–H groups in total. The number of ketones is 1. The number of nitrogens with zero attached hydrogens (tertiary/aromatic N) is 2. The second kappa shape index (κ2) is 8.08. The average Bonchev–Trinajstić information content (AvgIpc) is 3.29. The van der Waals surface area contributed by atoms with Gasteiger partial charge in [0.05, 0.1) is 23.0 Å². The predicted molar refractivity (Wildman–Crippen MR) is 128 cm³/mol. The van der Waals surface area contributed by atoms with E-state index in [-0.39, 0.29) is 16.9 Å². The molecule has 2 atom stereocenters. The molecule has 1 aliphatic rings. The summed E-state index contributed by atoms with van der Waals surface area (Å²) >= 11 is 0. The molecule has 6 heteroatoms. The Bertz CT molecular complexity index is 1170. The number of anilines is 1. The van der Waals surface area contributed by atoms with Crippen molar-refractivity contribution in [2.24, 2.45) is 16.6 Å². The number of benzene rings is 1. The van der Waals surface area contributed by atoms with E-state index in [0.29, 0.717) is 29.9 Å². The summed E-state index contributed by atoms with van der Waals surface area (Å²) in [6.07, 6.45) is 6.50. The van der Waals surface area contributed by atoms with Crippen LogP contribution in [0.1, 0.15) is 63.7 Å². The summed E-state index contributed by atoms with van der Waals surface area (Å²) in [5.41, 5.74) is 9.47. The highest BCUT2D eigenvalue weighted by molar-refractivity contribution is 6.02. The summed E-state index contributed by atoms with van der Waals surface area (Å²) in [5.74, 6) is -0.214. The van der Waals surface area contributed by atoms with E-state index in [1.54, 1.807) is 4.52 Å². The molecule has 0 bridgehead atoms. The number of Topliss-reactive ketones (excluding diaryl/α,β-unsaturated/α-hetero) is 1. The van der Waals surface area contributed by atoms with E-state index in [1.165, 1.54) is 6.20 Å². The Morgan fingerprint density at radius 1 is 1.19 bits per heavy atom. The third-order valence-corrected chi connectivity index (χ3v) is 7.72. The molecule has 4 rings (SSSR count). The van der Waals surface area contributed by atoms with Crippen molar-refractivity contribution in [1.82, 2.24) is 9.61 Å². The number of carbonyl (C=O) groups is 2. The molecule has 0 unspecified atom stereocenters. The number of rotatable bonds is 7. The van der Waals surface area contributed by atoms with Gasteiger partial charge in [0, 0.05) is 30.6 Å². The SMILES string of the molecule is CCC(=O)C[C@@]1(C)CC[C@@H](Nc2c(C(N)=O)cnn3cc(-c4ccccc4)cc23)C1(C)C. The van der Waals surface area contributed by atoms with Gasteiger partial charge in [0.1, 0.15) is 5.78 Å². The molecule has 2 heterocycles. The van der Waals surface area contributed by atoms with Crippen LogP contribution < -0.4 is 11.1 Å². The Kier molecular flexibility index (Phi) is 5.57. The highest BCUT2D eigenvalue weighted by Crippen LogP contribution is 2.55. The minimum absolute atomic E-state index is 0.0940. The summed E-state index contributed by atoms with van der Waals surface area (Å²) < 4.78 is 1.79. The third kappa shape index (κ3) is 3.68. The number of aromatic nitrogens is 2. The average molecular weight is 433 g/mol. The fourth-order valence-electron chi connectivity index (χ4n) is 5.05. The maximum Gasteiger partial charge on any atom is 0.252 e. The number of fused-ring (bicyclic) bond motifs is 1. The van der Waals surface area contributed by atoms with Gasteiger partial charge in [0.15, 0.2) is 0 Å². The zero-order valence-electron chi connectivity index (χ0n) is 19.3. The highest BCUT2D eigenvalue weighted by Gasteiger charge is 2.52. The van der Waals surface area contributed by atoms with Gasteiger partial charge in [-0.15, -0.1) is 0 Å². The van der Waals surface area contributed by atoms with Crippen LogP contribution in [0, 0.1) is 10.8 Å². The Labute approximate surface area is 189 Å². The Morgan fingerprint density at radius 3 is 2.56 bits per heavy atom. The van der Waals surface area contributed by atoms with Gasteiger partial charge >= 0.3 is 0 Å². The molecule has 1 fully saturated rings. The second-order valence-corrected chi connectivity index (χ2v) is 9.81. The molecule has 0 radical (unpaired) electrons. The number of nitrogens with two attached hydrogens (primary N) is 1. The van der Waals surface area contributed by atoms with E-state index >= 15 is 0 Å². The third-order valence-electron chi connectivity index (χ3n) is 7.72. The fourth-order valence-corrected chi connectivity index (χ4v) is 5.05. The zero-order chi connectivity index (χ0) is 23.1. The molecule has 32 heavy (non-hydrogen) atoms. The standard InChI is InChI=1S/C26H32N4O2/c1-5-19(31)14-26(4)12-11-22(25(26,2)3)29-23-20(24(27)32)15-28-30-16-18(13-21(23)30)17-9-7-6-8-10-17/h6-10,13,15-16,22,29H,5,11-12,14H2,1-4H3,(H2,27,32)/t22-,26-/m1/s1. The summed E-state index contributed by atoms with van der Waals surface area (Å²) in [5, 5.41) is 8.09. The lowest BCUT2D eigenvalue weighted by atomic mass is 9.65. The first-order valence-electron chi connectivity index (χ1n) is 11.3. The van der Waals surface area contributed by atoms with E-state index < -0.39 is 5.91 Å². The van der Waals surface area contributed by atoms with Gasteiger partial charge in [-0.3, -0.25) is 9.59 Å². The molecule has 0 spiro atoms. The van der Waals surface area contributed by atoms with E-state index in [0.717, 1.165) is 29.5 Å². The Balaban J connectivity index is 1.75. The van der Waals surface area contributed by atoms with Crippen molar-refractivity contribution in [2.75, 3.05) is 5.32 Å². The van der Waals surface area contributed by atoms with Gasteiger partial charge < -0.3 is 11.1 Å². The molecule has 1 aromatic carbocycles. The van der Waals surface area contributed by atoms with E-state index in [2.05, 4.69) is 31.2 Å². The lowest BCUT2D eigenvalue weighted by molar-refractivity contribution is -0.122. The van der Waals surface area contributed by atoms with Crippen LogP contribution in [0.4, 0.5) is 5.69 Å². The van der Waals surface area contributed by atoms with Gasteiger partial charge in [-0.05, 0) is 35.3 Å². The molecule has 0 aliphatic heterocycles. The van der Waals surface area contributed by atoms with Gasteiger partial charge in [-0.25, -0.2) is 4.52 Å². The fraction of sp³-hybridized carbons (Fsp3) is 0.423. The molecule has 2 aromatic heterocycles. The molecule has 1 amide bonds. The van der Waals surface area contributed by atoms with Crippen LogP contribution in [0.5, 0.6) is 0 Å². The molecule has 168 valence electrons. The molecule has 3 aromatic rings. The van der Waals surface area contributed by atoms with Crippen LogP contribution in [-0.4, -0.2) is 27.3 Å². The van der Waals surface area contributed by atoms with Crippen molar-refractivity contribution in [3.8, 4) is 11.1 Å². The number of hydrogen-bond acceptors (Lipinski definition) is 4. The van der Waals surface area contributed by atoms with E-state index in [4.69, 9.17) is 5.73 Å². The van der Waals surface area contributed by atoms with E-state index in [1.807, 2.05) is 49.5 Å². The predicted octanol–water partition coefficient (Wildman–Crippen LogP) is 5.08. The lowest BCUT2D eigenvalue weighted by Gasteiger charge is -2.42. The van der Waals surface area contributed by atoms with Gasteiger partial charge in [0.2, 0.25) is 0 Å². The minimum Gasteiger partial charge on any atom is -0.379 e. The summed E-state index contributed by atoms with van der Waals surface area (Å²) in [6.45, 7) is 8.57. The quantitative estimate of drug-likeness (QED) is 0.545. The number of carbonyl (C=O) groups excluding carboxylic acids is 2. The maximum absolute atomic E-state index is 12.3. The van der Waals surface area contributed by atoms with Gasteiger partial charge in [-0.2, -0.15) is 5.10 Å². The lowest BCUT2D eigenvalue weighted by Crippen LogP contribution is -2.42. The second-order valence-electron chi connectivity index (χ2n) is 9.81. The maximum atomic E-state index is 12.3. The Morgan fingerprint density at radius 2 is 1.91 bits per heavy atom. The largest absolute Gasteiger partial charge is 0.379 e. The molecular formula is C26H32N4O2.